The summed E-state index contributed by atoms with van der Waals surface area (Å²) in [4.78, 5) is 35.9. The highest BCUT2D eigenvalue weighted by Crippen LogP contribution is 2.44. The Hall–Kier alpha value is -3.91. The number of hydrogen-bond acceptors (Lipinski definition) is 6. The third-order valence-corrected chi connectivity index (χ3v) is 5.31. The van der Waals surface area contributed by atoms with Crippen LogP contribution in [0.25, 0.3) is 0 Å². The fourth-order valence-corrected chi connectivity index (χ4v) is 3.63. The number of anilines is 1. The average molecular weight is 453 g/mol. The van der Waals surface area contributed by atoms with Crippen molar-refractivity contribution in [3.8, 4) is 11.5 Å². The molecule has 1 amide bonds. The SMILES string of the molecule is C[C@@H](OC(=O)C1c2ccccc2Oc2ccccc21)C(=O)Nc1ccc([N+](=O)[O-])cc1Cl. The van der Waals surface area contributed by atoms with Crippen LogP contribution in [0.3, 0.4) is 0 Å². The molecule has 0 aromatic heterocycles. The van der Waals surface area contributed by atoms with Crippen molar-refractivity contribution in [3.63, 3.8) is 0 Å². The molecule has 0 spiro atoms. The topological polar surface area (TPSA) is 108 Å². The Morgan fingerprint density at radius 2 is 1.66 bits per heavy atom. The van der Waals surface area contributed by atoms with Crippen LogP contribution in [0.1, 0.15) is 24.0 Å². The lowest BCUT2D eigenvalue weighted by Gasteiger charge is -2.27. The van der Waals surface area contributed by atoms with E-state index in [2.05, 4.69) is 5.32 Å². The maximum Gasteiger partial charge on any atom is 0.318 e. The Bertz CT molecular complexity index is 1180. The number of esters is 1. The molecular weight excluding hydrogens is 436 g/mol. The molecule has 1 heterocycles. The number of halogens is 1. The number of carbonyl (C=O) groups is 2. The van der Waals surface area contributed by atoms with Gasteiger partial charge in [0.2, 0.25) is 0 Å². The molecule has 8 nitrogen and oxygen atoms in total. The first-order valence-corrected chi connectivity index (χ1v) is 10.0. The van der Waals surface area contributed by atoms with Crippen LogP contribution < -0.4 is 10.1 Å². The molecule has 0 saturated heterocycles. The molecule has 1 aliphatic heterocycles. The number of benzene rings is 3. The summed E-state index contributed by atoms with van der Waals surface area (Å²) in [6, 6.07) is 17.9. The van der Waals surface area contributed by atoms with Crippen LogP contribution >= 0.6 is 11.6 Å². The minimum Gasteiger partial charge on any atom is -0.457 e. The number of ether oxygens (including phenoxy) is 2. The molecule has 0 radical (unpaired) electrons. The van der Waals surface area contributed by atoms with Gasteiger partial charge in [0.1, 0.15) is 17.4 Å². The first-order chi connectivity index (χ1) is 15.3. The third kappa shape index (κ3) is 4.13. The zero-order valence-electron chi connectivity index (χ0n) is 16.8. The first kappa shape index (κ1) is 21.3. The Morgan fingerprint density at radius 3 is 2.22 bits per heavy atom. The van der Waals surface area contributed by atoms with Crippen molar-refractivity contribution >= 4 is 34.9 Å². The number of non-ortho nitro benzene ring substituents is 1. The van der Waals surface area contributed by atoms with Crippen LogP contribution in [-0.2, 0) is 14.3 Å². The number of hydrogen-bond donors (Lipinski definition) is 1. The Balaban J connectivity index is 1.52. The largest absolute Gasteiger partial charge is 0.457 e. The van der Waals surface area contributed by atoms with Gasteiger partial charge >= 0.3 is 5.97 Å². The van der Waals surface area contributed by atoms with E-state index in [0.717, 1.165) is 6.07 Å². The number of rotatable bonds is 5. The Labute approximate surface area is 187 Å². The van der Waals surface area contributed by atoms with Gasteiger partial charge in [0, 0.05) is 23.3 Å². The van der Waals surface area contributed by atoms with Gasteiger partial charge in [-0.15, -0.1) is 0 Å². The summed E-state index contributed by atoms with van der Waals surface area (Å²) in [6.45, 7) is 1.43. The molecule has 4 rings (SSSR count). The molecule has 3 aromatic carbocycles. The van der Waals surface area contributed by atoms with Crippen molar-refractivity contribution in [1.82, 2.24) is 0 Å². The van der Waals surface area contributed by atoms with Crippen molar-refractivity contribution in [1.29, 1.82) is 0 Å². The summed E-state index contributed by atoms with van der Waals surface area (Å²) in [5.74, 6) is -0.895. The maximum atomic E-state index is 13.1. The van der Waals surface area contributed by atoms with Gasteiger partial charge in [-0.2, -0.15) is 0 Å². The van der Waals surface area contributed by atoms with E-state index in [-0.39, 0.29) is 16.4 Å². The van der Waals surface area contributed by atoms with Crippen LogP contribution in [0.2, 0.25) is 5.02 Å². The summed E-state index contributed by atoms with van der Waals surface area (Å²) in [5, 5.41) is 13.4. The van der Waals surface area contributed by atoms with Crippen LogP contribution in [0.5, 0.6) is 11.5 Å². The molecule has 0 aliphatic carbocycles. The van der Waals surface area contributed by atoms with Crippen LogP contribution in [0.15, 0.2) is 66.7 Å². The van der Waals surface area contributed by atoms with Crippen molar-refractivity contribution in [2.45, 2.75) is 18.9 Å². The fraction of sp³-hybridized carbons (Fsp3) is 0.130. The monoisotopic (exact) mass is 452 g/mol. The lowest BCUT2D eigenvalue weighted by atomic mass is 9.88. The number of carbonyl (C=O) groups excluding carboxylic acids is 2. The molecule has 32 heavy (non-hydrogen) atoms. The highest BCUT2D eigenvalue weighted by atomic mass is 35.5. The van der Waals surface area contributed by atoms with E-state index in [1.165, 1.54) is 19.1 Å². The second kappa shape index (κ2) is 8.68. The molecule has 9 heteroatoms. The number of nitro groups is 1. The van der Waals surface area contributed by atoms with E-state index >= 15 is 0 Å². The molecule has 162 valence electrons. The Kier molecular flexibility index (Phi) is 5.79. The van der Waals surface area contributed by atoms with Gasteiger partial charge in [-0.1, -0.05) is 48.0 Å². The number of nitro benzene ring substituents is 1. The summed E-state index contributed by atoms with van der Waals surface area (Å²) >= 11 is 6.02. The minimum absolute atomic E-state index is 0.00152. The molecule has 3 aromatic rings. The summed E-state index contributed by atoms with van der Waals surface area (Å²) in [5.41, 5.74) is 1.25. The van der Waals surface area contributed by atoms with Gasteiger partial charge in [-0.25, -0.2) is 0 Å². The van der Waals surface area contributed by atoms with Gasteiger partial charge in [-0.05, 0) is 25.1 Å². The van der Waals surface area contributed by atoms with E-state index in [9.17, 15) is 19.7 Å². The van der Waals surface area contributed by atoms with Gasteiger partial charge in [-0.3, -0.25) is 19.7 Å². The lowest BCUT2D eigenvalue weighted by molar-refractivity contribution is -0.384. The minimum atomic E-state index is -1.14. The molecule has 1 atom stereocenters. The predicted molar refractivity (Wildman–Crippen MR) is 117 cm³/mol. The van der Waals surface area contributed by atoms with Crippen LogP contribution in [0.4, 0.5) is 11.4 Å². The molecule has 0 fully saturated rings. The van der Waals surface area contributed by atoms with Crippen molar-refractivity contribution < 1.29 is 24.0 Å². The quantitative estimate of drug-likeness (QED) is 0.329. The number of fused-ring (bicyclic) bond motifs is 2. The van der Waals surface area contributed by atoms with Gasteiger partial charge in [0.15, 0.2) is 6.10 Å². The van der Waals surface area contributed by atoms with E-state index in [1.807, 2.05) is 0 Å². The zero-order chi connectivity index (χ0) is 22.8. The fourth-order valence-electron chi connectivity index (χ4n) is 3.41. The summed E-state index contributed by atoms with van der Waals surface area (Å²) < 4.78 is 11.4. The summed E-state index contributed by atoms with van der Waals surface area (Å²) in [7, 11) is 0. The molecular formula is C23H17ClN2O6. The van der Waals surface area contributed by atoms with E-state index in [1.54, 1.807) is 48.5 Å². The first-order valence-electron chi connectivity index (χ1n) is 9.66. The normalized spacial score (nSPS) is 13.2. The second-order valence-corrected chi connectivity index (χ2v) is 7.51. The van der Waals surface area contributed by atoms with Crippen LogP contribution in [0, 0.1) is 10.1 Å². The number of para-hydroxylation sites is 2. The summed E-state index contributed by atoms with van der Waals surface area (Å²) in [6.07, 6.45) is -1.14. The number of nitrogens with zero attached hydrogens (tertiary/aromatic N) is 1. The lowest BCUT2D eigenvalue weighted by Crippen LogP contribution is -2.32. The number of nitrogens with one attached hydrogen (secondary N) is 1. The predicted octanol–water partition coefficient (Wildman–Crippen LogP) is 5.06. The zero-order valence-corrected chi connectivity index (χ0v) is 17.5. The average Bonchev–Trinajstić information content (AvgIpc) is 2.78. The van der Waals surface area contributed by atoms with Crippen LogP contribution in [-0.4, -0.2) is 22.9 Å². The van der Waals surface area contributed by atoms with Gasteiger partial charge in [0.05, 0.1) is 15.6 Å². The van der Waals surface area contributed by atoms with Crippen molar-refractivity contribution in [3.05, 3.63) is 93.0 Å². The molecule has 0 unspecified atom stereocenters. The van der Waals surface area contributed by atoms with Crippen molar-refractivity contribution in [2.24, 2.45) is 0 Å². The van der Waals surface area contributed by atoms with Gasteiger partial charge < -0.3 is 14.8 Å². The van der Waals surface area contributed by atoms with E-state index in [4.69, 9.17) is 21.1 Å². The second-order valence-electron chi connectivity index (χ2n) is 7.10. The Morgan fingerprint density at radius 1 is 1.06 bits per heavy atom. The van der Waals surface area contributed by atoms with E-state index < -0.39 is 28.8 Å². The van der Waals surface area contributed by atoms with Crippen molar-refractivity contribution in [2.75, 3.05) is 5.32 Å². The molecule has 1 N–H and O–H groups in total. The smallest absolute Gasteiger partial charge is 0.318 e. The molecule has 0 saturated carbocycles. The number of amides is 1. The third-order valence-electron chi connectivity index (χ3n) is 5.00. The standard InChI is InChI=1S/C23H17ClN2O6/c1-13(22(27)25-18-11-10-14(26(29)30)12-17(18)24)31-23(28)21-15-6-2-4-8-19(15)32-20-9-5-3-7-16(20)21/h2-13,21H,1H3,(H,25,27)/t13-/m1/s1. The highest BCUT2D eigenvalue weighted by molar-refractivity contribution is 6.34. The highest BCUT2D eigenvalue weighted by Gasteiger charge is 2.35. The molecule has 0 bridgehead atoms. The van der Waals surface area contributed by atoms with Gasteiger partial charge in [0.25, 0.3) is 11.6 Å². The molecule has 1 aliphatic rings. The van der Waals surface area contributed by atoms with E-state index in [0.29, 0.717) is 22.6 Å². The maximum absolute atomic E-state index is 13.1.